The molecule has 0 saturated heterocycles. The zero-order valence-electron chi connectivity index (χ0n) is 12.6. The van der Waals surface area contributed by atoms with E-state index in [4.69, 9.17) is 0 Å². The van der Waals surface area contributed by atoms with Crippen molar-refractivity contribution < 1.29 is 0 Å². The van der Waals surface area contributed by atoms with Crippen molar-refractivity contribution in [1.29, 1.82) is 0 Å². The lowest BCUT2D eigenvalue weighted by Gasteiger charge is -2.19. The first-order chi connectivity index (χ1) is 11.9. The maximum absolute atomic E-state index is 4.69. The van der Waals surface area contributed by atoms with Crippen molar-refractivity contribution in [3.05, 3.63) is 66.9 Å². The average Bonchev–Trinajstić information content (AvgIpc) is 3.00. The molecule has 0 aliphatic carbocycles. The molecule has 0 fully saturated rings. The number of hydrogen-bond acceptors (Lipinski definition) is 3. The Balaban J connectivity index is 1.91. The number of pyridine rings is 1. The lowest BCUT2D eigenvalue weighted by molar-refractivity contribution is 1.23. The predicted octanol–water partition coefficient (Wildman–Crippen LogP) is 6.73. The van der Waals surface area contributed by atoms with Gasteiger partial charge in [-0.15, -0.1) is 11.3 Å². The van der Waals surface area contributed by atoms with Crippen LogP contribution in [-0.4, -0.2) is 4.98 Å². The number of nitrogens with zero attached hydrogens (tertiary/aromatic N) is 1. The summed E-state index contributed by atoms with van der Waals surface area (Å²) in [4.78, 5) is 7.27. The molecule has 0 atom stereocenters. The fraction of sp³-hybridized carbons (Fsp3) is 0. The number of fused-ring (bicyclic) bond motifs is 6. The van der Waals surface area contributed by atoms with Crippen LogP contribution in [0.1, 0.15) is 0 Å². The Morgan fingerprint density at radius 2 is 1.58 bits per heavy atom. The molecular weight excluding hydrogens is 330 g/mol. The third-order valence-electron chi connectivity index (χ3n) is 4.71. The van der Waals surface area contributed by atoms with Gasteiger partial charge >= 0.3 is 0 Å². The molecule has 0 radical (unpaired) electrons. The summed E-state index contributed by atoms with van der Waals surface area (Å²) in [5.74, 6) is 0. The molecule has 3 aromatic carbocycles. The summed E-state index contributed by atoms with van der Waals surface area (Å²) in [5.41, 5.74) is 2.39. The Morgan fingerprint density at radius 3 is 2.58 bits per heavy atom. The van der Waals surface area contributed by atoms with E-state index in [-0.39, 0.29) is 0 Å². The summed E-state index contributed by atoms with van der Waals surface area (Å²) in [6.45, 7) is 0. The van der Waals surface area contributed by atoms with Crippen LogP contribution in [0.5, 0.6) is 0 Å². The van der Waals surface area contributed by atoms with Gasteiger partial charge in [0.1, 0.15) is 0 Å². The molecule has 3 heteroatoms. The molecule has 0 spiro atoms. The first kappa shape index (κ1) is 13.0. The Kier molecular flexibility index (Phi) is 2.49. The van der Waals surface area contributed by atoms with Crippen LogP contribution in [0.4, 0.5) is 0 Å². The smallest absolute Gasteiger partial charge is 0.0848 e. The minimum absolute atomic E-state index is 1.12. The van der Waals surface area contributed by atoms with E-state index in [9.17, 15) is 0 Å². The summed E-state index contributed by atoms with van der Waals surface area (Å²) in [7, 11) is 0. The third kappa shape index (κ3) is 1.58. The summed E-state index contributed by atoms with van der Waals surface area (Å²) in [6, 6.07) is 21.9. The second-order valence-electron chi connectivity index (χ2n) is 6.03. The molecule has 24 heavy (non-hydrogen) atoms. The van der Waals surface area contributed by atoms with Gasteiger partial charge in [-0.05, 0) is 35.7 Å². The van der Waals surface area contributed by atoms with Crippen molar-refractivity contribution in [1.82, 2.24) is 4.98 Å². The van der Waals surface area contributed by atoms with Gasteiger partial charge in [0, 0.05) is 47.1 Å². The van der Waals surface area contributed by atoms with Crippen LogP contribution in [0.3, 0.4) is 0 Å². The van der Waals surface area contributed by atoms with Crippen LogP contribution in [0.25, 0.3) is 42.2 Å². The van der Waals surface area contributed by atoms with E-state index in [0.29, 0.717) is 0 Å². The van der Waals surface area contributed by atoms with Crippen molar-refractivity contribution in [2.24, 2.45) is 0 Å². The molecule has 6 rings (SSSR count). The largest absolute Gasteiger partial charge is 0.255 e. The third-order valence-corrected chi connectivity index (χ3v) is 6.94. The number of thiophene rings is 1. The lowest BCUT2D eigenvalue weighted by Crippen LogP contribution is -1.95. The van der Waals surface area contributed by atoms with Gasteiger partial charge in [-0.1, -0.05) is 42.1 Å². The number of aromatic nitrogens is 1. The molecule has 0 bridgehead atoms. The van der Waals surface area contributed by atoms with Gasteiger partial charge in [-0.25, -0.2) is 0 Å². The molecule has 3 heterocycles. The molecular formula is C21H11NS2. The second-order valence-corrected chi connectivity index (χ2v) is 8.19. The van der Waals surface area contributed by atoms with E-state index in [2.05, 4.69) is 59.6 Å². The molecule has 1 nitrogen and oxygen atoms in total. The topological polar surface area (TPSA) is 12.9 Å². The van der Waals surface area contributed by atoms with E-state index in [1.54, 1.807) is 0 Å². The van der Waals surface area contributed by atoms with E-state index >= 15 is 0 Å². The van der Waals surface area contributed by atoms with Crippen molar-refractivity contribution in [3.63, 3.8) is 0 Å². The Bertz CT molecular complexity index is 1280. The van der Waals surface area contributed by atoms with Gasteiger partial charge in [0.15, 0.2) is 0 Å². The molecule has 0 unspecified atom stereocenters. The van der Waals surface area contributed by atoms with Gasteiger partial charge in [0.05, 0.1) is 5.69 Å². The lowest BCUT2D eigenvalue weighted by atomic mass is 9.97. The molecule has 5 aromatic rings. The van der Waals surface area contributed by atoms with Gasteiger partial charge in [0.25, 0.3) is 0 Å². The van der Waals surface area contributed by atoms with Gasteiger partial charge in [0.2, 0.25) is 0 Å². The molecule has 0 amide bonds. The fourth-order valence-electron chi connectivity index (χ4n) is 3.73. The maximum Gasteiger partial charge on any atom is 0.0848 e. The normalized spacial score (nSPS) is 12.8. The summed E-state index contributed by atoms with van der Waals surface area (Å²) < 4.78 is 2.70. The molecule has 0 saturated carbocycles. The van der Waals surface area contributed by atoms with Crippen molar-refractivity contribution >= 4 is 54.0 Å². The zero-order chi connectivity index (χ0) is 15.7. The number of benzene rings is 3. The molecule has 2 aromatic heterocycles. The highest BCUT2D eigenvalue weighted by Gasteiger charge is 2.22. The zero-order valence-corrected chi connectivity index (χ0v) is 14.2. The average molecular weight is 341 g/mol. The monoisotopic (exact) mass is 341 g/mol. The Hall–Kier alpha value is -2.36. The first-order valence-electron chi connectivity index (χ1n) is 7.90. The van der Waals surface area contributed by atoms with Crippen LogP contribution in [0.15, 0.2) is 76.7 Å². The second kappa shape index (κ2) is 4.59. The highest BCUT2D eigenvalue weighted by molar-refractivity contribution is 7.99. The molecule has 112 valence electrons. The van der Waals surface area contributed by atoms with Crippen LogP contribution < -0.4 is 0 Å². The molecule has 0 N–H and O–H groups in total. The van der Waals surface area contributed by atoms with E-state index in [1.165, 1.54) is 46.3 Å². The highest BCUT2D eigenvalue weighted by atomic mass is 32.2. The van der Waals surface area contributed by atoms with Crippen molar-refractivity contribution in [2.45, 2.75) is 9.79 Å². The van der Waals surface area contributed by atoms with E-state index in [1.807, 2.05) is 35.4 Å². The SMILES string of the molecule is c1cnc2c(c1)Sc1cccc3c1c-2cc1sc2ccccc2c13. The van der Waals surface area contributed by atoms with Crippen LogP contribution in [-0.2, 0) is 0 Å². The predicted molar refractivity (Wildman–Crippen MR) is 104 cm³/mol. The van der Waals surface area contributed by atoms with Crippen molar-refractivity contribution in [3.8, 4) is 11.3 Å². The quantitative estimate of drug-likeness (QED) is 0.304. The maximum atomic E-state index is 4.69. The Morgan fingerprint density at radius 1 is 0.708 bits per heavy atom. The summed E-state index contributed by atoms with van der Waals surface area (Å²) >= 11 is 3.71. The van der Waals surface area contributed by atoms with Gasteiger partial charge < -0.3 is 0 Å². The highest BCUT2D eigenvalue weighted by Crippen LogP contribution is 2.50. The molecule has 1 aliphatic rings. The molecule has 1 aliphatic heterocycles. The standard InChI is InChI=1S/C21H11NS2/c1-2-7-15-12(5-1)19-13-6-3-8-16-20(13)14(11-18(19)23-15)21-17(24-16)9-4-10-22-21/h1-11H. The number of hydrogen-bond donors (Lipinski definition) is 0. The van der Waals surface area contributed by atoms with Crippen LogP contribution in [0.2, 0.25) is 0 Å². The summed E-state index contributed by atoms with van der Waals surface area (Å²) in [6.07, 6.45) is 1.90. The minimum Gasteiger partial charge on any atom is -0.255 e. The van der Waals surface area contributed by atoms with E-state index in [0.717, 1.165) is 5.69 Å². The van der Waals surface area contributed by atoms with Crippen LogP contribution >= 0.6 is 23.1 Å². The number of rotatable bonds is 0. The van der Waals surface area contributed by atoms with Crippen LogP contribution in [0, 0.1) is 0 Å². The first-order valence-corrected chi connectivity index (χ1v) is 9.54. The Labute approximate surface area is 147 Å². The minimum atomic E-state index is 1.12. The van der Waals surface area contributed by atoms with E-state index < -0.39 is 0 Å². The van der Waals surface area contributed by atoms with Gasteiger partial charge in [-0.3, -0.25) is 4.98 Å². The summed E-state index contributed by atoms with van der Waals surface area (Å²) in [5, 5.41) is 5.44. The fourth-order valence-corrected chi connectivity index (χ4v) is 6.00. The van der Waals surface area contributed by atoms with Gasteiger partial charge in [-0.2, -0.15) is 0 Å². The van der Waals surface area contributed by atoms with Crippen molar-refractivity contribution in [2.75, 3.05) is 0 Å².